The third-order valence-corrected chi connectivity index (χ3v) is 4.01. The van der Waals surface area contributed by atoms with Gasteiger partial charge in [-0.15, -0.1) is 0 Å². The Balaban J connectivity index is 2.65. The third-order valence-electron chi connectivity index (χ3n) is 4.01. The Morgan fingerprint density at radius 3 is 2.18 bits per heavy atom. The van der Waals surface area contributed by atoms with Gasteiger partial charge in [-0.2, -0.15) is 0 Å². The second-order valence-corrected chi connectivity index (χ2v) is 8.02. The molecule has 1 heterocycles. The van der Waals surface area contributed by atoms with Gasteiger partial charge >= 0.3 is 5.97 Å². The van der Waals surface area contributed by atoms with Crippen LogP contribution >= 0.6 is 0 Å². The highest BCUT2D eigenvalue weighted by Crippen LogP contribution is 2.38. The number of phenolic OH excluding ortho intramolecular Hbond substituents is 1. The summed E-state index contributed by atoms with van der Waals surface area (Å²) < 4.78 is 4.98. The molecular weight excluding hydrogens is 276 g/mol. The van der Waals surface area contributed by atoms with Crippen LogP contribution in [-0.4, -0.2) is 17.7 Å². The molecule has 1 aliphatic heterocycles. The molecule has 1 saturated heterocycles. The largest absolute Gasteiger partial charge is 0.507 e. The predicted octanol–water partition coefficient (Wildman–Crippen LogP) is 4.32. The van der Waals surface area contributed by atoms with Crippen molar-refractivity contribution in [3.8, 4) is 5.75 Å². The highest BCUT2D eigenvalue weighted by atomic mass is 16.5. The van der Waals surface area contributed by atoms with Gasteiger partial charge in [-0.3, -0.25) is 0 Å². The molecule has 1 N–H and O–H groups in total. The van der Waals surface area contributed by atoms with Crippen LogP contribution in [0.3, 0.4) is 0 Å². The van der Waals surface area contributed by atoms with E-state index >= 15 is 0 Å². The lowest BCUT2D eigenvalue weighted by atomic mass is 9.78. The zero-order valence-corrected chi connectivity index (χ0v) is 14.4. The van der Waals surface area contributed by atoms with E-state index in [1.807, 2.05) is 6.07 Å². The van der Waals surface area contributed by atoms with E-state index in [-0.39, 0.29) is 22.5 Å². The molecule has 1 aromatic rings. The van der Waals surface area contributed by atoms with Crippen molar-refractivity contribution in [2.24, 2.45) is 0 Å². The van der Waals surface area contributed by atoms with Crippen molar-refractivity contribution in [1.29, 1.82) is 0 Å². The van der Waals surface area contributed by atoms with Gasteiger partial charge in [-0.05, 0) is 28.5 Å². The molecule has 2 rings (SSSR count). The zero-order chi connectivity index (χ0) is 16.7. The van der Waals surface area contributed by atoms with Crippen LogP contribution in [0.25, 0.3) is 6.08 Å². The average molecular weight is 302 g/mol. The van der Waals surface area contributed by atoms with Gasteiger partial charge in [0.05, 0.1) is 6.61 Å². The van der Waals surface area contributed by atoms with Crippen LogP contribution in [0.4, 0.5) is 0 Å². The Hall–Kier alpha value is -1.77. The monoisotopic (exact) mass is 302 g/mol. The molecule has 0 bridgehead atoms. The van der Waals surface area contributed by atoms with E-state index in [2.05, 4.69) is 47.6 Å². The molecule has 0 saturated carbocycles. The SMILES string of the molecule is CC(C)(C)c1cc(C=C2CCOC2=O)c(O)c(C(C)(C)C)c1. The van der Waals surface area contributed by atoms with Crippen molar-refractivity contribution in [2.75, 3.05) is 6.61 Å². The lowest BCUT2D eigenvalue weighted by molar-refractivity contribution is -0.134. The summed E-state index contributed by atoms with van der Waals surface area (Å²) in [7, 11) is 0. The number of hydrogen-bond acceptors (Lipinski definition) is 3. The zero-order valence-electron chi connectivity index (χ0n) is 14.4. The van der Waals surface area contributed by atoms with E-state index in [1.54, 1.807) is 6.08 Å². The van der Waals surface area contributed by atoms with Gasteiger partial charge in [0.15, 0.2) is 0 Å². The van der Waals surface area contributed by atoms with Gasteiger partial charge < -0.3 is 9.84 Å². The van der Waals surface area contributed by atoms with Crippen molar-refractivity contribution >= 4 is 12.0 Å². The minimum absolute atomic E-state index is 0.0306. The fraction of sp³-hybridized carbons (Fsp3) is 0.526. The van der Waals surface area contributed by atoms with Crippen molar-refractivity contribution in [3.63, 3.8) is 0 Å². The van der Waals surface area contributed by atoms with Gasteiger partial charge in [0.1, 0.15) is 5.75 Å². The number of aromatic hydroxyl groups is 1. The quantitative estimate of drug-likeness (QED) is 0.621. The maximum atomic E-state index is 11.7. The number of carbonyl (C=O) groups is 1. The topological polar surface area (TPSA) is 46.5 Å². The van der Waals surface area contributed by atoms with Crippen molar-refractivity contribution < 1.29 is 14.6 Å². The van der Waals surface area contributed by atoms with E-state index in [1.165, 1.54) is 0 Å². The molecular formula is C19H26O3. The first-order valence-electron chi connectivity index (χ1n) is 7.76. The third kappa shape index (κ3) is 3.34. The first-order chi connectivity index (χ1) is 10.00. The van der Waals surface area contributed by atoms with Gasteiger partial charge in [-0.1, -0.05) is 47.6 Å². The highest BCUT2D eigenvalue weighted by molar-refractivity contribution is 5.95. The van der Waals surface area contributed by atoms with Crippen LogP contribution in [0.1, 0.15) is 64.7 Å². The summed E-state index contributed by atoms with van der Waals surface area (Å²) in [5, 5.41) is 10.7. The van der Waals surface area contributed by atoms with Crippen LogP contribution in [0, 0.1) is 0 Å². The van der Waals surface area contributed by atoms with Crippen LogP contribution in [0.15, 0.2) is 17.7 Å². The maximum absolute atomic E-state index is 11.7. The molecule has 0 radical (unpaired) electrons. The van der Waals surface area contributed by atoms with E-state index < -0.39 is 0 Å². The second kappa shape index (κ2) is 5.45. The number of carbonyl (C=O) groups excluding carboxylic acids is 1. The summed E-state index contributed by atoms with van der Waals surface area (Å²) in [6, 6.07) is 4.05. The Morgan fingerprint density at radius 1 is 1.09 bits per heavy atom. The van der Waals surface area contributed by atoms with E-state index in [4.69, 9.17) is 4.74 Å². The first-order valence-corrected chi connectivity index (χ1v) is 7.76. The fourth-order valence-corrected chi connectivity index (χ4v) is 2.54. The van der Waals surface area contributed by atoms with Crippen LogP contribution in [0.5, 0.6) is 5.75 Å². The molecule has 1 aliphatic rings. The molecule has 120 valence electrons. The molecule has 3 nitrogen and oxygen atoms in total. The number of cyclic esters (lactones) is 1. The Labute approximate surface area is 133 Å². The molecule has 0 aliphatic carbocycles. The fourth-order valence-electron chi connectivity index (χ4n) is 2.54. The van der Waals surface area contributed by atoms with Gasteiger partial charge in [0.25, 0.3) is 0 Å². The Morgan fingerprint density at radius 2 is 1.73 bits per heavy atom. The van der Waals surface area contributed by atoms with Crippen LogP contribution in [0.2, 0.25) is 0 Å². The normalized spacial score (nSPS) is 17.9. The Bertz CT molecular complexity index is 625. The minimum atomic E-state index is -0.280. The molecule has 1 fully saturated rings. The van der Waals surface area contributed by atoms with Gasteiger partial charge in [0.2, 0.25) is 0 Å². The molecule has 1 aromatic carbocycles. The van der Waals surface area contributed by atoms with Gasteiger partial charge in [-0.25, -0.2) is 4.79 Å². The lowest BCUT2D eigenvalue weighted by Crippen LogP contribution is -2.17. The molecule has 0 unspecified atom stereocenters. The predicted molar refractivity (Wildman–Crippen MR) is 89.1 cm³/mol. The first kappa shape index (κ1) is 16.6. The molecule has 22 heavy (non-hydrogen) atoms. The van der Waals surface area contributed by atoms with E-state index in [0.717, 1.165) is 11.1 Å². The number of benzene rings is 1. The molecule has 0 amide bonds. The molecule has 0 aromatic heterocycles. The number of phenols is 1. The summed E-state index contributed by atoms with van der Waals surface area (Å²) >= 11 is 0. The summed E-state index contributed by atoms with van der Waals surface area (Å²) in [6.45, 7) is 13.1. The molecule has 0 spiro atoms. The summed E-state index contributed by atoms with van der Waals surface area (Å²) in [4.78, 5) is 11.7. The maximum Gasteiger partial charge on any atom is 0.334 e. The average Bonchev–Trinajstić information content (AvgIpc) is 2.74. The van der Waals surface area contributed by atoms with Crippen molar-refractivity contribution in [3.05, 3.63) is 34.4 Å². The van der Waals surface area contributed by atoms with Gasteiger partial charge in [0, 0.05) is 23.1 Å². The second-order valence-electron chi connectivity index (χ2n) is 8.02. The number of esters is 1. The summed E-state index contributed by atoms with van der Waals surface area (Å²) in [6.07, 6.45) is 2.37. The van der Waals surface area contributed by atoms with Crippen molar-refractivity contribution in [1.82, 2.24) is 0 Å². The number of hydrogen-bond donors (Lipinski definition) is 1. The van der Waals surface area contributed by atoms with Crippen LogP contribution < -0.4 is 0 Å². The minimum Gasteiger partial charge on any atom is -0.507 e. The smallest absolute Gasteiger partial charge is 0.334 e. The summed E-state index contributed by atoms with van der Waals surface area (Å²) in [5.41, 5.74) is 3.17. The molecule has 0 atom stereocenters. The molecule has 3 heteroatoms. The Kier molecular flexibility index (Phi) is 4.12. The lowest BCUT2D eigenvalue weighted by Gasteiger charge is -2.27. The van der Waals surface area contributed by atoms with E-state index in [9.17, 15) is 9.90 Å². The standard InChI is InChI=1S/C19H26O3/c1-18(2,3)14-10-13(9-12-7-8-22-17(12)21)16(20)15(11-14)19(4,5)6/h9-11,20H,7-8H2,1-6H3. The highest BCUT2D eigenvalue weighted by Gasteiger charge is 2.26. The summed E-state index contributed by atoms with van der Waals surface area (Å²) in [5.74, 6) is -0.0226. The van der Waals surface area contributed by atoms with E-state index in [0.29, 0.717) is 24.2 Å². The van der Waals surface area contributed by atoms with Crippen LogP contribution in [-0.2, 0) is 20.4 Å². The number of ether oxygens (including phenoxy) is 1. The number of rotatable bonds is 1. The van der Waals surface area contributed by atoms with Crippen molar-refractivity contribution in [2.45, 2.75) is 58.8 Å².